The summed E-state index contributed by atoms with van der Waals surface area (Å²) in [6.07, 6.45) is 0. The average Bonchev–Trinajstić information content (AvgIpc) is 2.87. The van der Waals surface area contributed by atoms with Crippen LogP contribution in [0.15, 0.2) is 53.6 Å². The Morgan fingerprint density at radius 3 is 2.12 bits per heavy atom. The molecule has 9 nitrogen and oxygen atoms in total. The van der Waals surface area contributed by atoms with E-state index < -0.39 is 5.97 Å². The summed E-state index contributed by atoms with van der Waals surface area (Å²) >= 11 is 1.26. The predicted molar refractivity (Wildman–Crippen MR) is 129 cm³/mol. The van der Waals surface area contributed by atoms with Crippen LogP contribution in [-0.2, 0) is 9.53 Å². The molecule has 0 saturated carbocycles. The van der Waals surface area contributed by atoms with Gasteiger partial charge in [0.05, 0.1) is 44.9 Å². The minimum Gasteiger partial charge on any atom is -0.493 e. The number of amides is 1. The first kappa shape index (κ1) is 24.8. The van der Waals surface area contributed by atoms with Gasteiger partial charge >= 0.3 is 5.97 Å². The number of thioether (sulfide) groups is 1. The van der Waals surface area contributed by atoms with Crippen molar-refractivity contribution in [2.45, 2.75) is 11.9 Å². The fraction of sp³-hybridized carbons (Fsp3) is 0.250. The lowest BCUT2D eigenvalue weighted by atomic mass is 10.1. The molecule has 3 aromatic rings. The number of nitrogens with one attached hydrogen (secondary N) is 1. The van der Waals surface area contributed by atoms with Crippen LogP contribution in [0, 0.1) is 0 Å². The highest BCUT2D eigenvalue weighted by molar-refractivity contribution is 7.99. The number of esters is 1. The van der Waals surface area contributed by atoms with Crippen molar-refractivity contribution < 1.29 is 28.5 Å². The molecule has 1 amide bonds. The van der Waals surface area contributed by atoms with Crippen LogP contribution in [0.2, 0.25) is 0 Å². The smallest absolute Gasteiger partial charge is 0.338 e. The van der Waals surface area contributed by atoms with E-state index in [-0.39, 0.29) is 11.7 Å². The van der Waals surface area contributed by atoms with E-state index in [0.717, 1.165) is 5.56 Å². The molecule has 0 radical (unpaired) electrons. The average molecular weight is 484 g/mol. The van der Waals surface area contributed by atoms with Gasteiger partial charge in [0.2, 0.25) is 11.7 Å². The standard InChI is InChI=1S/C24H25N3O6S/c1-5-33-24(29)15-6-8-17(9-7-15)25-21(28)14-34-22-11-10-18(26-27-22)16-12-19(30-2)23(32-4)20(13-16)31-3/h6-13H,5,14H2,1-4H3,(H,25,28). The summed E-state index contributed by atoms with van der Waals surface area (Å²) in [5.41, 5.74) is 2.39. The topological polar surface area (TPSA) is 109 Å². The Kier molecular flexibility index (Phi) is 8.69. The molecule has 0 unspecified atom stereocenters. The van der Waals surface area contributed by atoms with E-state index in [1.807, 2.05) is 6.07 Å². The van der Waals surface area contributed by atoms with Gasteiger partial charge in [0.25, 0.3) is 0 Å². The Morgan fingerprint density at radius 1 is 0.912 bits per heavy atom. The second-order valence-corrected chi connectivity index (χ2v) is 7.80. The molecule has 0 spiro atoms. The van der Waals surface area contributed by atoms with Gasteiger partial charge in [-0.05, 0) is 55.5 Å². The zero-order chi connectivity index (χ0) is 24.5. The van der Waals surface area contributed by atoms with Crippen molar-refractivity contribution in [2.24, 2.45) is 0 Å². The molecule has 3 rings (SSSR count). The lowest BCUT2D eigenvalue weighted by molar-refractivity contribution is -0.113. The summed E-state index contributed by atoms with van der Waals surface area (Å²) < 4.78 is 21.1. The van der Waals surface area contributed by atoms with Crippen molar-refractivity contribution in [3.05, 3.63) is 54.1 Å². The number of nitrogens with zero attached hydrogens (tertiary/aromatic N) is 2. The van der Waals surface area contributed by atoms with E-state index in [4.69, 9.17) is 18.9 Å². The number of carbonyl (C=O) groups excluding carboxylic acids is 2. The monoisotopic (exact) mass is 483 g/mol. The highest BCUT2D eigenvalue weighted by Gasteiger charge is 2.15. The van der Waals surface area contributed by atoms with Crippen LogP contribution in [0.5, 0.6) is 17.2 Å². The highest BCUT2D eigenvalue weighted by atomic mass is 32.2. The molecule has 1 aromatic heterocycles. The number of aromatic nitrogens is 2. The molecule has 1 N–H and O–H groups in total. The Labute approximate surface area is 201 Å². The van der Waals surface area contributed by atoms with Crippen molar-refractivity contribution >= 4 is 29.3 Å². The molecule has 2 aromatic carbocycles. The van der Waals surface area contributed by atoms with Crippen LogP contribution in [-0.4, -0.2) is 55.8 Å². The maximum atomic E-state index is 12.3. The largest absolute Gasteiger partial charge is 0.493 e. The van der Waals surface area contributed by atoms with Crippen LogP contribution >= 0.6 is 11.8 Å². The SMILES string of the molecule is CCOC(=O)c1ccc(NC(=O)CSc2ccc(-c3cc(OC)c(OC)c(OC)c3)nn2)cc1. The van der Waals surface area contributed by atoms with Crippen molar-refractivity contribution in [1.29, 1.82) is 0 Å². The number of benzene rings is 2. The predicted octanol–water partition coefficient (Wildman–Crippen LogP) is 4.08. The first-order chi connectivity index (χ1) is 16.5. The molecule has 10 heteroatoms. The molecule has 34 heavy (non-hydrogen) atoms. The summed E-state index contributed by atoms with van der Waals surface area (Å²) in [6.45, 7) is 2.05. The second-order valence-electron chi connectivity index (χ2n) is 6.81. The van der Waals surface area contributed by atoms with Crippen LogP contribution in [0.1, 0.15) is 17.3 Å². The molecule has 0 saturated heterocycles. The van der Waals surface area contributed by atoms with Gasteiger partial charge < -0.3 is 24.3 Å². The summed E-state index contributed by atoms with van der Waals surface area (Å²) in [7, 11) is 4.64. The fourth-order valence-electron chi connectivity index (χ4n) is 3.02. The molecule has 0 aliphatic carbocycles. The molecule has 178 valence electrons. The zero-order valence-electron chi connectivity index (χ0n) is 19.3. The third kappa shape index (κ3) is 6.16. The first-order valence-electron chi connectivity index (χ1n) is 10.3. The summed E-state index contributed by atoms with van der Waals surface area (Å²) in [6, 6.07) is 13.7. The van der Waals surface area contributed by atoms with E-state index in [2.05, 4.69) is 15.5 Å². The van der Waals surface area contributed by atoms with Gasteiger partial charge in [-0.25, -0.2) is 4.79 Å². The Morgan fingerprint density at radius 2 is 1.59 bits per heavy atom. The number of methoxy groups -OCH3 is 3. The van der Waals surface area contributed by atoms with E-state index in [1.54, 1.807) is 70.7 Å². The number of anilines is 1. The van der Waals surface area contributed by atoms with E-state index in [9.17, 15) is 9.59 Å². The third-order valence-corrected chi connectivity index (χ3v) is 5.55. The van der Waals surface area contributed by atoms with Gasteiger partial charge in [-0.3, -0.25) is 4.79 Å². The van der Waals surface area contributed by atoms with Gasteiger partial charge in [0, 0.05) is 11.3 Å². The molecule has 0 bridgehead atoms. The summed E-state index contributed by atoms with van der Waals surface area (Å²) in [4.78, 5) is 24.0. The van der Waals surface area contributed by atoms with Crippen molar-refractivity contribution in [3.63, 3.8) is 0 Å². The number of rotatable bonds is 10. The van der Waals surface area contributed by atoms with Crippen molar-refractivity contribution in [1.82, 2.24) is 10.2 Å². The highest BCUT2D eigenvalue weighted by Crippen LogP contribution is 2.40. The molecule has 0 atom stereocenters. The molecule has 0 aliphatic heterocycles. The Bertz CT molecular complexity index is 1110. The minimum atomic E-state index is -0.399. The van der Waals surface area contributed by atoms with Crippen LogP contribution in [0.3, 0.4) is 0 Å². The maximum absolute atomic E-state index is 12.3. The van der Waals surface area contributed by atoms with Crippen LogP contribution < -0.4 is 19.5 Å². The summed E-state index contributed by atoms with van der Waals surface area (Å²) in [5.74, 6) is 1.08. The zero-order valence-corrected chi connectivity index (χ0v) is 20.1. The number of hydrogen-bond acceptors (Lipinski definition) is 9. The van der Waals surface area contributed by atoms with E-state index in [1.165, 1.54) is 11.8 Å². The molecule has 0 fully saturated rings. The van der Waals surface area contributed by atoms with Crippen molar-refractivity contribution in [2.75, 3.05) is 39.0 Å². The normalized spacial score (nSPS) is 10.4. The quantitative estimate of drug-likeness (QED) is 0.337. The van der Waals surface area contributed by atoms with Gasteiger partial charge in [0.1, 0.15) is 5.03 Å². The Balaban J connectivity index is 1.60. The van der Waals surface area contributed by atoms with Gasteiger partial charge in [0.15, 0.2) is 11.5 Å². The van der Waals surface area contributed by atoms with Gasteiger partial charge in [-0.1, -0.05) is 11.8 Å². The maximum Gasteiger partial charge on any atom is 0.338 e. The molecule has 0 aliphatic rings. The van der Waals surface area contributed by atoms with Crippen LogP contribution in [0.25, 0.3) is 11.3 Å². The molecular weight excluding hydrogens is 458 g/mol. The fourth-order valence-corrected chi connectivity index (χ4v) is 3.63. The number of hydrogen-bond donors (Lipinski definition) is 1. The van der Waals surface area contributed by atoms with Crippen LogP contribution in [0.4, 0.5) is 5.69 Å². The first-order valence-corrected chi connectivity index (χ1v) is 11.3. The lowest BCUT2D eigenvalue weighted by Crippen LogP contribution is -2.14. The minimum absolute atomic E-state index is 0.151. The van der Waals surface area contributed by atoms with Gasteiger partial charge in [-0.15, -0.1) is 10.2 Å². The molecule has 1 heterocycles. The van der Waals surface area contributed by atoms with E-state index in [0.29, 0.717) is 45.8 Å². The number of carbonyl (C=O) groups is 2. The summed E-state index contributed by atoms with van der Waals surface area (Å²) in [5, 5.41) is 11.8. The number of ether oxygens (including phenoxy) is 4. The van der Waals surface area contributed by atoms with Crippen molar-refractivity contribution in [3.8, 4) is 28.5 Å². The van der Waals surface area contributed by atoms with E-state index >= 15 is 0 Å². The lowest BCUT2D eigenvalue weighted by Gasteiger charge is -2.13. The van der Waals surface area contributed by atoms with Gasteiger partial charge in [-0.2, -0.15) is 0 Å². The third-order valence-electron chi connectivity index (χ3n) is 4.63. The molecular formula is C24H25N3O6S. The Hall–Kier alpha value is -3.79. The second kappa shape index (κ2) is 11.9.